The zero-order valence-corrected chi connectivity index (χ0v) is 20.3. The van der Waals surface area contributed by atoms with E-state index in [1.807, 2.05) is 62.4 Å². The van der Waals surface area contributed by atoms with E-state index in [0.29, 0.717) is 16.3 Å². The van der Waals surface area contributed by atoms with Gasteiger partial charge in [-0.3, -0.25) is 14.5 Å². The lowest BCUT2D eigenvalue weighted by Gasteiger charge is -2.27. The van der Waals surface area contributed by atoms with Gasteiger partial charge >= 0.3 is 0 Å². The van der Waals surface area contributed by atoms with Crippen molar-refractivity contribution in [2.45, 2.75) is 40.2 Å². The SMILES string of the molecule is CCc1ccc(N2C(=O)C(O)=C(C(=O)c3sc(C)nc3C)C2c2c(C)[nH]c3ccccc23)cc1. The minimum atomic E-state index is -0.773. The number of ketones is 1. The van der Waals surface area contributed by atoms with Gasteiger partial charge in [-0.25, -0.2) is 4.98 Å². The summed E-state index contributed by atoms with van der Waals surface area (Å²) in [6.07, 6.45) is 0.871. The molecule has 0 radical (unpaired) electrons. The Kier molecular flexibility index (Phi) is 5.37. The Morgan fingerprint density at radius 2 is 1.82 bits per heavy atom. The highest BCUT2D eigenvalue weighted by Gasteiger charge is 2.46. The number of carbonyl (C=O) groups excluding carboxylic acids is 2. The largest absolute Gasteiger partial charge is 0.503 e. The van der Waals surface area contributed by atoms with E-state index in [2.05, 4.69) is 16.9 Å². The molecular formula is C27H25N3O3S. The fraction of sp³-hybridized carbons (Fsp3) is 0.222. The monoisotopic (exact) mass is 471 g/mol. The number of benzene rings is 2. The summed E-state index contributed by atoms with van der Waals surface area (Å²) in [7, 11) is 0. The molecule has 1 aliphatic heterocycles. The van der Waals surface area contributed by atoms with Gasteiger partial charge in [0.05, 0.1) is 27.2 Å². The van der Waals surface area contributed by atoms with Crippen molar-refractivity contribution in [1.82, 2.24) is 9.97 Å². The molecule has 3 heterocycles. The van der Waals surface area contributed by atoms with Crippen LogP contribution in [-0.2, 0) is 11.2 Å². The molecule has 6 nitrogen and oxygen atoms in total. The van der Waals surface area contributed by atoms with Crippen LogP contribution in [0.1, 0.15) is 50.2 Å². The summed E-state index contributed by atoms with van der Waals surface area (Å²) in [5, 5.41) is 12.8. The zero-order chi connectivity index (χ0) is 24.1. The number of hydrogen-bond donors (Lipinski definition) is 2. The first-order valence-corrected chi connectivity index (χ1v) is 12.0. The number of Topliss-reactive ketones (excluding diaryl/α,β-unsaturated/α-hetero) is 1. The van der Waals surface area contributed by atoms with Gasteiger partial charge in [0, 0.05) is 27.8 Å². The number of rotatable bonds is 5. The first kappa shape index (κ1) is 22.1. The van der Waals surface area contributed by atoms with Crippen molar-refractivity contribution < 1.29 is 14.7 Å². The van der Waals surface area contributed by atoms with Gasteiger partial charge in [0.25, 0.3) is 5.91 Å². The summed E-state index contributed by atoms with van der Waals surface area (Å²) >= 11 is 1.28. The smallest absolute Gasteiger partial charge is 0.294 e. The number of hydrogen-bond acceptors (Lipinski definition) is 5. The molecule has 172 valence electrons. The number of aromatic nitrogens is 2. The van der Waals surface area contributed by atoms with Crippen LogP contribution in [0.2, 0.25) is 0 Å². The number of aromatic amines is 1. The summed E-state index contributed by atoms with van der Waals surface area (Å²) < 4.78 is 0. The average Bonchev–Trinajstić information content (AvgIpc) is 3.43. The third kappa shape index (κ3) is 3.35. The predicted octanol–water partition coefficient (Wildman–Crippen LogP) is 5.89. The van der Waals surface area contributed by atoms with Crippen molar-refractivity contribution in [3.63, 3.8) is 0 Å². The second-order valence-electron chi connectivity index (χ2n) is 8.55. The Morgan fingerprint density at radius 3 is 2.47 bits per heavy atom. The first-order chi connectivity index (χ1) is 16.3. The normalized spacial score (nSPS) is 16.2. The predicted molar refractivity (Wildman–Crippen MR) is 135 cm³/mol. The number of thiazole rings is 1. The number of aryl methyl sites for hydroxylation is 4. The fourth-order valence-electron chi connectivity index (χ4n) is 4.78. The van der Waals surface area contributed by atoms with Gasteiger partial charge in [-0.15, -0.1) is 11.3 Å². The molecule has 0 spiro atoms. The van der Waals surface area contributed by atoms with E-state index in [9.17, 15) is 14.7 Å². The minimum absolute atomic E-state index is 0.0872. The molecule has 4 aromatic rings. The number of nitrogens with zero attached hydrogens (tertiary/aromatic N) is 2. The minimum Gasteiger partial charge on any atom is -0.503 e. The molecule has 0 saturated heterocycles. The Bertz CT molecular complexity index is 1480. The summed E-state index contributed by atoms with van der Waals surface area (Å²) in [6, 6.07) is 14.7. The summed E-state index contributed by atoms with van der Waals surface area (Å²) in [5.74, 6) is -1.46. The quantitative estimate of drug-likeness (QED) is 0.355. The molecule has 1 atom stereocenters. The molecule has 0 saturated carbocycles. The molecule has 1 aliphatic rings. The van der Waals surface area contributed by atoms with Crippen LogP contribution >= 0.6 is 11.3 Å². The van der Waals surface area contributed by atoms with E-state index in [-0.39, 0.29) is 11.4 Å². The van der Waals surface area contributed by atoms with Gasteiger partial charge in [0.1, 0.15) is 0 Å². The lowest BCUT2D eigenvalue weighted by atomic mass is 9.92. The maximum atomic E-state index is 13.8. The van der Waals surface area contributed by atoms with Gasteiger partial charge in [0.15, 0.2) is 5.76 Å². The van der Waals surface area contributed by atoms with Crippen molar-refractivity contribution in [2.75, 3.05) is 4.90 Å². The fourth-order valence-corrected chi connectivity index (χ4v) is 5.66. The molecule has 0 fully saturated rings. The highest BCUT2D eigenvalue weighted by molar-refractivity contribution is 7.14. The van der Waals surface area contributed by atoms with Crippen molar-refractivity contribution in [2.24, 2.45) is 0 Å². The molecule has 0 bridgehead atoms. The molecule has 7 heteroatoms. The van der Waals surface area contributed by atoms with Gasteiger partial charge in [-0.1, -0.05) is 37.3 Å². The maximum Gasteiger partial charge on any atom is 0.294 e. The van der Waals surface area contributed by atoms with E-state index < -0.39 is 17.7 Å². The average molecular weight is 472 g/mol. The number of para-hydroxylation sites is 1. The van der Waals surface area contributed by atoms with Crippen molar-refractivity contribution in [1.29, 1.82) is 0 Å². The van der Waals surface area contributed by atoms with Crippen LogP contribution in [0.25, 0.3) is 10.9 Å². The molecule has 2 N–H and O–H groups in total. The molecule has 34 heavy (non-hydrogen) atoms. The van der Waals surface area contributed by atoms with E-state index >= 15 is 0 Å². The molecule has 1 amide bonds. The van der Waals surface area contributed by atoms with Gasteiger partial charge in [-0.05, 0) is 51.0 Å². The van der Waals surface area contributed by atoms with Crippen LogP contribution in [0, 0.1) is 20.8 Å². The number of nitrogens with one attached hydrogen (secondary N) is 1. The van der Waals surface area contributed by atoms with Gasteiger partial charge in [0.2, 0.25) is 5.78 Å². The maximum absolute atomic E-state index is 13.8. The molecule has 1 unspecified atom stereocenters. The molecule has 2 aromatic carbocycles. The lowest BCUT2D eigenvalue weighted by Crippen LogP contribution is -2.31. The summed E-state index contributed by atoms with van der Waals surface area (Å²) in [4.78, 5) is 37.1. The lowest BCUT2D eigenvalue weighted by molar-refractivity contribution is -0.117. The van der Waals surface area contributed by atoms with Crippen molar-refractivity contribution in [3.8, 4) is 0 Å². The van der Waals surface area contributed by atoms with Crippen LogP contribution in [0.5, 0.6) is 0 Å². The van der Waals surface area contributed by atoms with Gasteiger partial charge in [-0.2, -0.15) is 0 Å². The van der Waals surface area contributed by atoms with E-state index in [1.165, 1.54) is 16.2 Å². The second kappa shape index (κ2) is 8.25. The Balaban J connectivity index is 1.75. The van der Waals surface area contributed by atoms with Crippen LogP contribution in [0.3, 0.4) is 0 Å². The Labute approximate surface area is 201 Å². The Hall–Kier alpha value is -3.71. The number of H-pyrrole nitrogens is 1. The van der Waals surface area contributed by atoms with Crippen molar-refractivity contribution in [3.05, 3.63) is 92.3 Å². The third-order valence-electron chi connectivity index (χ3n) is 6.40. The summed E-state index contributed by atoms with van der Waals surface area (Å²) in [6.45, 7) is 7.61. The molecule has 2 aromatic heterocycles. The van der Waals surface area contributed by atoms with Gasteiger partial charge < -0.3 is 10.1 Å². The standard InChI is InChI=1S/C27H25N3O3S/c1-5-17-10-12-18(13-11-17)30-23(21-14(2)29-20-9-7-6-8-19(20)21)22(25(32)27(30)33)24(31)26-15(3)28-16(4)34-26/h6-13,23,29,32H,5H2,1-4H3. The van der Waals surface area contributed by atoms with Crippen LogP contribution in [0.4, 0.5) is 5.69 Å². The number of carbonyl (C=O) groups is 2. The Morgan fingerprint density at radius 1 is 1.12 bits per heavy atom. The van der Waals surface area contributed by atoms with E-state index in [1.54, 1.807) is 6.92 Å². The second-order valence-corrected chi connectivity index (χ2v) is 9.75. The first-order valence-electron chi connectivity index (χ1n) is 11.2. The number of aliphatic hydroxyl groups excluding tert-OH is 1. The number of fused-ring (bicyclic) bond motifs is 1. The highest BCUT2D eigenvalue weighted by atomic mass is 32.1. The topological polar surface area (TPSA) is 86.3 Å². The summed E-state index contributed by atoms with van der Waals surface area (Å²) in [5.41, 5.74) is 5.00. The molecule has 5 rings (SSSR count). The number of anilines is 1. The van der Waals surface area contributed by atoms with E-state index in [4.69, 9.17) is 0 Å². The zero-order valence-electron chi connectivity index (χ0n) is 19.5. The van der Waals surface area contributed by atoms with Crippen LogP contribution < -0.4 is 4.90 Å². The van der Waals surface area contributed by atoms with E-state index in [0.717, 1.165) is 39.2 Å². The number of aliphatic hydroxyl groups is 1. The molecular weight excluding hydrogens is 446 g/mol. The van der Waals surface area contributed by atoms with Crippen LogP contribution in [0.15, 0.2) is 59.9 Å². The van der Waals surface area contributed by atoms with Crippen molar-refractivity contribution >= 4 is 39.6 Å². The number of amides is 1. The van der Waals surface area contributed by atoms with Crippen LogP contribution in [-0.4, -0.2) is 26.8 Å². The highest BCUT2D eigenvalue weighted by Crippen LogP contribution is 2.45. The molecule has 0 aliphatic carbocycles. The third-order valence-corrected chi connectivity index (χ3v) is 7.47.